The normalized spacial score (nSPS) is 41.8. The van der Waals surface area contributed by atoms with Crippen LogP contribution in [0.15, 0.2) is 23.8 Å². The molecular formula is C15H22O2. The van der Waals surface area contributed by atoms with Crippen LogP contribution in [-0.2, 0) is 4.79 Å². The zero-order valence-electron chi connectivity index (χ0n) is 11.0. The van der Waals surface area contributed by atoms with E-state index in [2.05, 4.69) is 20.4 Å². The van der Waals surface area contributed by atoms with Gasteiger partial charge in [0, 0.05) is 5.92 Å². The van der Waals surface area contributed by atoms with Gasteiger partial charge in [-0.2, -0.15) is 0 Å². The van der Waals surface area contributed by atoms with E-state index in [1.807, 2.05) is 6.92 Å². The van der Waals surface area contributed by atoms with Crippen molar-refractivity contribution in [2.75, 3.05) is 0 Å². The molecule has 0 saturated heterocycles. The van der Waals surface area contributed by atoms with Crippen LogP contribution in [0.2, 0.25) is 0 Å². The number of carbonyl (C=O) groups is 1. The first-order valence-electron chi connectivity index (χ1n) is 6.43. The van der Waals surface area contributed by atoms with Gasteiger partial charge in [0.1, 0.15) is 0 Å². The summed E-state index contributed by atoms with van der Waals surface area (Å²) in [6.07, 6.45) is 3.86. The van der Waals surface area contributed by atoms with Gasteiger partial charge >= 0.3 is 0 Å². The van der Waals surface area contributed by atoms with Gasteiger partial charge in [0.05, 0.1) is 6.10 Å². The summed E-state index contributed by atoms with van der Waals surface area (Å²) in [6, 6.07) is 0. The van der Waals surface area contributed by atoms with Crippen molar-refractivity contribution >= 4 is 5.78 Å². The van der Waals surface area contributed by atoms with Crippen molar-refractivity contribution in [3.05, 3.63) is 23.8 Å². The van der Waals surface area contributed by atoms with Crippen molar-refractivity contribution in [3.8, 4) is 0 Å². The molecule has 2 heteroatoms. The monoisotopic (exact) mass is 234 g/mol. The van der Waals surface area contributed by atoms with Crippen molar-refractivity contribution in [3.63, 3.8) is 0 Å². The molecule has 2 nitrogen and oxygen atoms in total. The molecule has 0 bridgehead atoms. The Morgan fingerprint density at radius 1 is 1.59 bits per heavy atom. The zero-order valence-corrected chi connectivity index (χ0v) is 11.0. The summed E-state index contributed by atoms with van der Waals surface area (Å²) in [6.45, 7) is 10.3. The van der Waals surface area contributed by atoms with E-state index in [1.165, 1.54) is 0 Å². The predicted octanol–water partition coefficient (Wildman–Crippen LogP) is 2.88. The van der Waals surface area contributed by atoms with E-state index in [0.717, 1.165) is 24.0 Å². The second kappa shape index (κ2) is 4.09. The Hall–Kier alpha value is -0.890. The Morgan fingerprint density at radius 3 is 2.82 bits per heavy atom. The summed E-state index contributed by atoms with van der Waals surface area (Å²) < 4.78 is 0. The maximum Gasteiger partial charge on any atom is 0.162 e. The maximum atomic E-state index is 12.0. The van der Waals surface area contributed by atoms with Crippen molar-refractivity contribution in [1.29, 1.82) is 0 Å². The van der Waals surface area contributed by atoms with Crippen LogP contribution in [0.1, 0.15) is 40.0 Å². The third-order valence-electron chi connectivity index (χ3n) is 4.79. The molecular weight excluding hydrogens is 212 g/mol. The van der Waals surface area contributed by atoms with E-state index in [1.54, 1.807) is 6.08 Å². The molecule has 2 rings (SSSR count). The molecule has 4 atom stereocenters. The highest BCUT2D eigenvalue weighted by molar-refractivity contribution is 5.95. The Balaban J connectivity index is 2.38. The van der Waals surface area contributed by atoms with Crippen LogP contribution in [0.5, 0.6) is 0 Å². The van der Waals surface area contributed by atoms with Crippen molar-refractivity contribution in [2.45, 2.75) is 46.1 Å². The lowest BCUT2D eigenvalue weighted by molar-refractivity contribution is -0.119. The number of aliphatic hydroxyl groups excluding tert-OH is 1. The van der Waals surface area contributed by atoms with E-state index in [-0.39, 0.29) is 23.2 Å². The smallest absolute Gasteiger partial charge is 0.162 e. The van der Waals surface area contributed by atoms with Crippen molar-refractivity contribution in [2.24, 2.45) is 17.3 Å². The Labute approximate surface area is 103 Å². The number of hydrogen-bond donors (Lipinski definition) is 1. The molecule has 17 heavy (non-hydrogen) atoms. The van der Waals surface area contributed by atoms with Gasteiger partial charge in [0.2, 0.25) is 0 Å². The first-order chi connectivity index (χ1) is 7.84. The quantitative estimate of drug-likeness (QED) is 0.708. The topological polar surface area (TPSA) is 37.3 Å². The van der Waals surface area contributed by atoms with E-state index in [0.29, 0.717) is 12.3 Å². The lowest BCUT2D eigenvalue weighted by Crippen LogP contribution is -2.42. The molecule has 0 aromatic rings. The second-order valence-electron chi connectivity index (χ2n) is 6.09. The number of carbonyl (C=O) groups excluding carboxylic acids is 1. The molecule has 94 valence electrons. The van der Waals surface area contributed by atoms with E-state index >= 15 is 0 Å². The summed E-state index contributed by atoms with van der Waals surface area (Å²) in [7, 11) is 0. The summed E-state index contributed by atoms with van der Waals surface area (Å²) in [5.74, 6) is 0.570. The standard InChI is InChI=1S/C15H22O2/c1-9(2)13-8-15(4)10(3)5-12(16)6-11(15)7-14(13)17/h7,10,12-13,16H,1,5-6,8H2,2-4H3/t10-,12+,13+,15+/m1/s1. The van der Waals surface area contributed by atoms with Crippen LogP contribution >= 0.6 is 0 Å². The third kappa shape index (κ3) is 1.99. The van der Waals surface area contributed by atoms with Crippen LogP contribution in [-0.4, -0.2) is 17.0 Å². The largest absolute Gasteiger partial charge is 0.393 e. The fourth-order valence-electron chi connectivity index (χ4n) is 3.33. The SMILES string of the molecule is C=C(C)[C@@H]1C[C@]2(C)C(=CC1=O)C[C@@H](O)C[C@H]2C. The molecule has 1 N–H and O–H groups in total. The minimum Gasteiger partial charge on any atom is -0.393 e. The zero-order chi connectivity index (χ0) is 12.8. The minimum absolute atomic E-state index is 0.0264. The Morgan fingerprint density at radius 2 is 2.24 bits per heavy atom. The summed E-state index contributed by atoms with van der Waals surface area (Å²) in [5, 5.41) is 9.82. The van der Waals surface area contributed by atoms with Gasteiger partial charge in [-0.1, -0.05) is 31.6 Å². The average Bonchev–Trinajstić information content (AvgIpc) is 2.20. The molecule has 0 unspecified atom stereocenters. The van der Waals surface area contributed by atoms with Crippen molar-refractivity contribution in [1.82, 2.24) is 0 Å². The predicted molar refractivity (Wildman–Crippen MR) is 68.5 cm³/mol. The number of aliphatic hydroxyl groups is 1. The first kappa shape index (κ1) is 12.6. The fourth-order valence-corrected chi connectivity index (χ4v) is 3.33. The lowest BCUT2D eigenvalue weighted by Gasteiger charge is -2.47. The summed E-state index contributed by atoms with van der Waals surface area (Å²) >= 11 is 0. The molecule has 2 aliphatic rings. The average molecular weight is 234 g/mol. The summed E-state index contributed by atoms with van der Waals surface area (Å²) in [4.78, 5) is 12.0. The molecule has 1 saturated carbocycles. The van der Waals surface area contributed by atoms with Crippen LogP contribution in [0.4, 0.5) is 0 Å². The highest BCUT2D eigenvalue weighted by atomic mass is 16.3. The Kier molecular flexibility index (Phi) is 3.03. The minimum atomic E-state index is -0.279. The van der Waals surface area contributed by atoms with E-state index < -0.39 is 0 Å². The fraction of sp³-hybridized carbons (Fsp3) is 0.667. The van der Waals surface area contributed by atoms with Crippen molar-refractivity contribution < 1.29 is 9.90 Å². The van der Waals surface area contributed by atoms with Gasteiger partial charge in [-0.25, -0.2) is 0 Å². The molecule has 0 aromatic carbocycles. The molecule has 1 fully saturated rings. The third-order valence-corrected chi connectivity index (χ3v) is 4.79. The van der Waals surface area contributed by atoms with E-state index in [4.69, 9.17) is 0 Å². The molecule has 0 heterocycles. The van der Waals surface area contributed by atoms with E-state index in [9.17, 15) is 9.90 Å². The molecule has 0 aromatic heterocycles. The second-order valence-corrected chi connectivity index (χ2v) is 6.09. The highest BCUT2D eigenvalue weighted by Gasteiger charge is 2.46. The molecule has 0 amide bonds. The van der Waals surface area contributed by atoms with Crippen LogP contribution in [0, 0.1) is 17.3 Å². The van der Waals surface area contributed by atoms with Crippen LogP contribution in [0.25, 0.3) is 0 Å². The number of allylic oxidation sites excluding steroid dienone is 2. The van der Waals surface area contributed by atoms with Gasteiger partial charge < -0.3 is 5.11 Å². The maximum absolute atomic E-state index is 12.0. The molecule has 0 spiro atoms. The molecule has 2 aliphatic carbocycles. The van der Waals surface area contributed by atoms with Crippen LogP contribution in [0.3, 0.4) is 0 Å². The van der Waals surface area contributed by atoms with Gasteiger partial charge in [-0.3, -0.25) is 4.79 Å². The Bertz CT molecular complexity index is 394. The first-order valence-corrected chi connectivity index (χ1v) is 6.43. The number of rotatable bonds is 1. The molecule has 0 aliphatic heterocycles. The highest BCUT2D eigenvalue weighted by Crippen LogP contribution is 2.52. The lowest BCUT2D eigenvalue weighted by atomic mass is 9.57. The van der Waals surface area contributed by atoms with Gasteiger partial charge in [-0.15, -0.1) is 0 Å². The number of ketones is 1. The van der Waals surface area contributed by atoms with Gasteiger partial charge in [0.15, 0.2) is 5.78 Å². The molecule has 0 radical (unpaired) electrons. The summed E-state index contributed by atoms with van der Waals surface area (Å²) in [5.41, 5.74) is 2.17. The number of hydrogen-bond acceptors (Lipinski definition) is 2. The van der Waals surface area contributed by atoms with Gasteiger partial charge in [0.25, 0.3) is 0 Å². The number of fused-ring (bicyclic) bond motifs is 1. The van der Waals surface area contributed by atoms with Gasteiger partial charge in [-0.05, 0) is 43.6 Å². The van der Waals surface area contributed by atoms with Crippen LogP contribution < -0.4 is 0 Å².